The molecule has 1 amide bonds. The molecule has 2 aliphatic rings. The first-order valence-corrected chi connectivity index (χ1v) is 9.85. The van der Waals surface area contributed by atoms with Gasteiger partial charge in [0, 0.05) is 24.6 Å². The third-order valence-electron chi connectivity index (χ3n) is 5.21. The average Bonchev–Trinajstić information content (AvgIpc) is 3.43. The smallest absolute Gasteiger partial charge is 0.289 e. The molecule has 0 aliphatic carbocycles. The van der Waals surface area contributed by atoms with Crippen molar-refractivity contribution in [2.75, 3.05) is 13.1 Å². The fourth-order valence-corrected chi connectivity index (χ4v) is 6.13. The maximum atomic E-state index is 12.9. The molecule has 6 nitrogen and oxygen atoms in total. The van der Waals surface area contributed by atoms with Gasteiger partial charge in [0.15, 0.2) is 15.6 Å². The van der Waals surface area contributed by atoms with E-state index in [1.165, 1.54) is 6.26 Å². The molecule has 0 spiro atoms. The summed E-state index contributed by atoms with van der Waals surface area (Å²) in [5.74, 6) is 0.411. The molecule has 2 unspecified atom stereocenters. The number of sulfone groups is 1. The molecular formula is C19H15NO5S. The van der Waals surface area contributed by atoms with E-state index in [9.17, 15) is 13.2 Å². The predicted molar refractivity (Wildman–Crippen MR) is 92.5 cm³/mol. The van der Waals surface area contributed by atoms with E-state index >= 15 is 0 Å². The lowest BCUT2D eigenvalue weighted by Gasteiger charge is -2.16. The predicted octanol–water partition coefficient (Wildman–Crippen LogP) is 2.94. The highest BCUT2D eigenvalue weighted by Crippen LogP contribution is 2.46. The minimum absolute atomic E-state index is 0.178. The number of furan rings is 2. The Labute approximate surface area is 149 Å². The average molecular weight is 369 g/mol. The van der Waals surface area contributed by atoms with E-state index in [0.717, 1.165) is 11.1 Å². The first-order valence-electron chi connectivity index (χ1n) is 8.30. The van der Waals surface area contributed by atoms with Gasteiger partial charge in [0.05, 0.1) is 22.7 Å². The van der Waals surface area contributed by atoms with Crippen LogP contribution in [0.1, 0.15) is 22.0 Å². The van der Waals surface area contributed by atoms with Crippen LogP contribution in [0.15, 0.2) is 68.7 Å². The van der Waals surface area contributed by atoms with E-state index in [2.05, 4.69) is 0 Å². The van der Waals surface area contributed by atoms with E-state index < -0.39 is 15.1 Å². The van der Waals surface area contributed by atoms with Gasteiger partial charge < -0.3 is 13.7 Å². The topological polar surface area (TPSA) is 80.7 Å². The van der Waals surface area contributed by atoms with Gasteiger partial charge in [-0.1, -0.05) is 0 Å². The second-order valence-corrected chi connectivity index (χ2v) is 8.74. The van der Waals surface area contributed by atoms with E-state index in [4.69, 9.17) is 8.83 Å². The molecule has 0 N–H and O–H groups in total. The molecule has 3 aromatic rings. The van der Waals surface area contributed by atoms with Crippen molar-refractivity contribution in [2.24, 2.45) is 0 Å². The molecule has 2 aromatic heterocycles. The van der Waals surface area contributed by atoms with Crippen LogP contribution in [0.3, 0.4) is 0 Å². The zero-order chi connectivity index (χ0) is 17.9. The zero-order valence-corrected chi connectivity index (χ0v) is 14.5. The number of rotatable bonds is 2. The largest absolute Gasteiger partial charge is 0.464 e. The fraction of sp³-hybridized carbons (Fsp3) is 0.211. The third kappa shape index (κ3) is 2.10. The van der Waals surface area contributed by atoms with Gasteiger partial charge in [-0.25, -0.2) is 8.42 Å². The minimum atomic E-state index is -3.46. The molecule has 132 valence electrons. The lowest BCUT2D eigenvalue weighted by Crippen LogP contribution is -2.31. The molecule has 5 rings (SSSR count). The molecule has 0 saturated carbocycles. The lowest BCUT2D eigenvalue weighted by molar-refractivity contribution is 0.0759. The second-order valence-electron chi connectivity index (χ2n) is 6.61. The summed E-state index contributed by atoms with van der Waals surface area (Å²) in [7, 11) is -3.46. The molecule has 1 fully saturated rings. The summed E-state index contributed by atoms with van der Waals surface area (Å²) >= 11 is 0. The van der Waals surface area contributed by atoms with Crippen molar-refractivity contribution in [1.82, 2.24) is 4.90 Å². The van der Waals surface area contributed by atoms with Crippen molar-refractivity contribution >= 4 is 15.7 Å². The maximum absolute atomic E-state index is 12.9. The number of amides is 1. The fourth-order valence-electron chi connectivity index (χ4n) is 3.97. The third-order valence-corrected chi connectivity index (χ3v) is 7.46. The van der Waals surface area contributed by atoms with Gasteiger partial charge in [-0.3, -0.25) is 4.79 Å². The molecular weight excluding hydrogens is 354 g/mol. The van der Waals surface area contributed by atoms with Crippen molar-refractivity contribution < 1.29 is 22.0 Å². The minimum Gasteiger partial charge on any atom is -0.464 e. The van der Waals surface area contributed by atoms with Crippen LogP contribution >= 0.6 is 0 Å². The van der Waals surface area contributed by atoms with Crippen molar-refractivity contribution in [2.45, 2.75) is 16.1 Å². The summed E-state index contributed by atoms with van der Waals surface area (Å²) in [6.45, 7) is 0.537. The number of benzene rings is 1. The number of carbonyl (C=O) groups is 1. The van der Waals surface area contributed by atoms with Crippen LogP contribution in [0.4, 0.5) is 0 Å². The van der Waals surface area contributed by atoms with Gasteiger partial charge in [0.1, 0.15) is 5.76 Å². The van der Waals surface area contributed by atoms with Gasteiger partial charge in [0.2, 0.25) is 0 Å². The van der Waals surface area contributed by atoms with Crippen molar-refractivity contribution in [3.63, 3.8) is 0 Å². The molecule has 7 heteroatoms. The van der Waals surface area contributed by atoms with Crippen LogP contribution in [0, 0.1) is 0 Å². The maximum Gasteiger partial charge on any atom is 0.289 e. The van der Waals surface area contributed by atoms with Gasteiger partial charge >= 0.3 is 0 Å². The van der Waals surface area contributed by atoms with Gasteiger partial charge in [-0.05, 0) is 48.0 Å². The molecule has 2 aliphatic heterocycles. The van der Waals surface area contributed by atoms with Crippen LogP contribution in [0.5, 0.6) is 0 Å². The van der Waals surface area contributed by atoms with Crippen molar-refractivity contribution in [1.29, 1.82) is 0 Å². The summed E-state index contributed by atoms with van der Waals surface area (Å²) in [5.41, 5.74) is 1.60. The number of nitrogens with zero attached hydrogens (tertiary/aromatic N) is 1. The Kier molecular flexibility index (Phi) is 3.18. The molecule has 2 atom stereocenters. The van der Waals surface area contributed by atoms with Crippen LogP contribution < -0.4 is 0 Å². The Morgan fingerprint density at radius 3 is 2.58 bits per heavy atom. The number of carbonyl (C=O) groups excluding carboxylic acids is 1. The summed E-state index contributed by atoms with van der Waals surface area (Å²) in [6.07, 6.45) is 3.02. The lowest BCUT2D eigenvalue weighted by atomic mass is 9.96. The highest BCUT2D eigenvalue weighted by atomic mass is 32.2. The van der Waals surface area contributed by atoms with E-state index in [1.54, 1.807) is 41.5 Å². The Hall–Kier alpha value is -2.80. The van der Waals surface area contributed by atoms with Crippen LogP contribution in [0.25, 0.3) is 11.3 Å². The Balaban J connectivity index is 1.54. The molecule has 4 heterocycles. The van der Waals surface area contributed by atoms with Gasteiger partial charge in [-0.2, -0.15) is 0 Å². The van der Waals surface area contributed by atoms with Crippen molar-refractivity contribution in [3.05, 3.63) is 66.3 Å². The molecule has 0 bridgehead atoms. The van der Waals surface area contributed by atoms with E-state index in [1.807, 2.05) is 12.1 Å². The zero-order valence-electron chi connectivity index (χ0n) is 13.7. The van der Waals surface area contributed by atoms with E-state index in [-0.39, 0.29) is 24.1 Å². The van der Waals surface area contributed by atoms with Gasteiger partial charge in [0.25, 0.3) is 5.91 Å². The second kappa shape index (κ2) is 5.35. The number of fused-ring (bicyclic) bond motifs is 3. The number of likely N-dealkylation sites (tertiary alicyclic amines) is 1. The molecule has 26 heavy (non-hydrogen) atoms. The van der Waals surface area contributed by atoms with Crippen LogP contribution in [0.2, 0.25) is 0 Å². The summed E-state index contributed by atoms with van der Waals surface area (Å²) < 4.78 is 36.5. The van der Waals surface area contributed by atoms with E-state index in [0.29, 0.717) is 17.2 Å². The summed E-state index contributed by atoms with van der Waals surface area (Å²) in [6, 6.07) is 12.2. The van der Waals surface area contributed by atoms with Crippen LogP contribution in [-0.2, 0) is 9.84 Å². The first kappa shape index (κ1) is 15.5. The Morgan fingerprint density at radius 1 is 1.04 bits per heavy atom. The standard InChI is InChI=1S/C19H15NO5S/c21-19(16-4-2-8-25-16)20-10-14-13-9-12(15-3-1-7-24-15)5-6-17(13)26(22,23)18(14)11-20/h1-9,14,18H,10-11H2. The summed E-state index contributed by atoms with van der Waals surface area (Å²) in [4.78, 5) is 14.5. The number of hydrogen-bond donors (Lipinski definition) is 0. The highest BCUT2D eigenvalue weighted by Gasteiger charge is 2.51. The Bertz CT molecular complexity index is 1080. The summed E-state index contributed by atoms with van der Waals surface area (Å²) in [5, 5.41) is -0.608. The normalized spacial score (nSPS) is 23.0. The van der Waals surface area contributed by atoms with Crippen molar-refractivity contribution in [3.8, 4) is 11.3 Å². The monoisotopic (exact) mass is 369 g/mol. The van der Waals surface area contributed by atoms with Gasteiger partial charge in [-0.15, -0.1) is 0 Å². The van der Waals surface area contributed by atoms with Crippen LogP contribution in [-0.4, -0.2) is 37.6 Å². The SMILES string of the molecule is O=C(c1ccco1)N1CC2c3cc(-c4ccco4)ccc3S(=O)(=O)C2C1. The first-order chi connectivity index (χ1) is 12.6. The Morgan fingerprint density at radius 2 is 1.85 bits per heavy atom. The highest BCUT2D eigenvalue weighted by molar-refractivity contribution is 7.92. The molecule has 0 radical (unpaired) electrons. The molecule has 1 saturated heterocycles. The number of hydrogen-bond acceptors (Lipinski definition) is 5. The quantitative estimate of drug-likeness (QED) is 0.694. The molecule has 1 aromatic carbocycles.